The number of hydrogen-bond acceptors (Lipinski definition) is 3. The quantitative estimate of drug-likeness (QED) is 0.818. The average Bonchev–Trinajstić information content (AvgIpc) is 2.58. The van der Waals surface area contributed by atoms with Crippen molar-refractivity contribution in [2.24, 2.45) is 5.73 Å². The van der Waals surface area contributed by atoms with E-state index in [1.807, 2.05) is 54.6 Å². The van der Waals surface area contributed by atoms with Gasteiger partial charge in [0, 0.05) is 12.2 Å². The summed E-state index contributed by atoms with van der Waals surface area (Å²) in [5, 5.41) is 2.87. The fraction of sp³-hybridized carbons (Fsp3) is 0.133. The normalized spacial score (nSPS) is 18.5. The minimum absolute atomic E-state index is 0.147. The van der Waals surface area contributed by atoms with Gasteiger partial charge in [0.15, 0.2) is 0 Å². The number of nitrogens with zero attached hydrogens (tertiary/aromatic N) is 1. The highest BCUT2D eigenvalue weighted by Gasteiger charge is 2.25. The Morgan fingerprint density at radius 2 is 1.74 bits per heavy atom. The van der Waals surface area contributed by atoms with Gasteiger partial charge in [-0.3, -0.25) is 4.79 Å². The average molecular weight is 253 g/mol. The summed E-state index contributed by atoms with van der Waals surface area (Å²) in [5.41, 5.74) is 8.72. The van der Waals surface area contributed by atoms with Gasteiger partial charge < -0.3 is 16.0 Å². The number of carbonyl (C=O) groups excluding carboxylic acids is 1. The summed E-state index contributed by atoms with van der Waals surface area (Å²) in [6.45, 7) is 0.465. The third-order valence-electron chi connectivity index (χ3n) is 3.24. The maximum Gasteiger partial charge on any atom is 0.243 e. The first kappa shape index (κ1) is 11.7. The molecule has 0 aliphatic carbocycles. The smallest absolute Gasteiger partial charge is 0.243 e. The van der Waals surface area contributed by atoms with Crippen molar-refractivity contribution < 1.29 is 4.79 Å². The van der Waals surface area contributed by atoms with Gasteiger partial charge in [-0.15, -0.1) is 0 Å². The summed E-state index contributed by atoms with van der Waals surface area (Å²) in [6.07, 6.45) is 0. The van der Waals surface area contributed by atoms with Crippen LogP contribution in [0.3, 0.4) is 0 Å². The predicted molar refractivity (Wildman–Crippen MR) is 76.5 cm³/mol. The largest absolute Gasteiger partial charge is 0.338 e. The van der Waals surface area contributed by atoms with Crippen LogP contribution in [-0.4, -0.2) is 18.5 Å². The summed E-state index contributed by atoms with van der Waals surface area (Å²) in [7, 11) is 0. The van der Waals surface area contributed by atoms with Crippen molar-refractivity contribution in [3.8, 4) is 0 Å². The van der Waals surface area contributed by atoms with E-state index in [9.17, 15) is 4.79 Å². The second-order valence-corrected chi connectivity index (χ2v) is 4.56. The molecule has 19 heavy (non-hydrogen) atoms. The van der Waals surface area contributed by atoms with E-state index < -0.39 is 6.04 Å². The molecule has 0 unspecified atom stereocenters. The van der Waals surface area contributed by atoms with E-state index in [1.54, 1.807) is 0 Å². The van der Waals surface area contributed by atoms with Crippen molar-refractivity contribution in [1.82, 2.24) is 0 Å². The second-order valence-electron chi connectivity index (χ2n) is 4.56. The van der Waals surface area contributed by atoms with E-state index in [0.717, 1.165) is 17.1 Å². The van der Waals surface area contributed by atoms with Crippen molar-refractivity contribution in [3.05, 3.63) is 54.6 Å². The highest BCUT2D eigenvalue weighted by Crippen LogP contribution is 2.33. The number of carbonyl (C=O) groups is 1. The molecule has 1 atom stereocenters. The molecule has 0 saturated carbocycles. The van der Waals surface area contributed by atoms with E-state index in [4.69, 9.17) is 5.73 Å². The number of fused-ring (bicyclic) bond motifs is 1. The highest BCUT2D eigenvalue weighted by molar-refractivity contribution is 6.00. The molecule has 0 bridgehead atoms. The summed E-state index contributed by atoms with van der Waals surface area (Å²) >= 11 is 0. The summed E-state index contributed by atoms with van der Waals surface area (Å²) in [5.74, 6) is -0.147. The molecule has 1 heterocycles. The lowest BCUT2D eigenvalue weighted by atomic mass is 10.2. The van der Waals surface area contributed by atoms with Gasteiger partial charge in [0.05, 0.1) is 11.4 Å². The van der Waals surface area contributed by atoms with Gasteiger partial charge in [-0.2, -0.15) is 0 Å². The number of nitrogens with one attached hydrogen (secondary N) is 1. The highest BCUT2D eigenvalue weighted by atomic mass is 16.2. The Morgan fingerprint density at radius 3 is 2.53 bits per heavy atom. The number of hydrogen-bond donors (Lipinski definition) is 2. The monoisotopic (exact) mass is 253 g/mol. The zero-order chi connectivity index (χ0) is 13.2. The van der Waals surface area contributed by atoms with Crippen LogP contribution in [0.1, 0.15) is 0 Å². The first-order valence-corrected chi connectivity index (χ1v) is 6.24. The molecular weight excluding hydrogens is 238 g/mol. The minimum atomic E-state index is -0.549. The Labute approximate surface area is 111 Å². The number of amides is 1. The van der Waals surface area contributed by atoms with Crippen molar-refractivity contribution in [2.75, 3.05) is 16.8 Å². The molecule has 0 spiro atoms. The van der Waals surface area contributed by atoms with Crippen LogP contribution >= 0.6 is 0 Å². The SMILES string of the molecule is N[C@@H]1CN(c2ccccc2)c2ccccc2NC1=O. The maximum atomic E-state index is 11.9. The van der Waals surface area contributed by atoms with Crippen LogP contribution < -0.4 is 16.0 Å². The summed E-state index contributed by atoms with van der Waals surface area (Å²) in [4.78, 5) is 14.0. The lowest BCUT2D eigenvalue weighted by Gasteiger charge is -2.25. The number of nitrogens with two attached hydrogens (primary N) is 1. The maximum absolute atomic E-state index is 11.9. The van der Waals surface area contributed by atoms with Crippen LogP contribution in [0, 0.1) is 0 Å². The molecular formula is C15H15N3O. The molecule has 0 saturated heterocycles. The predicted octanol–water partition coefficient (Wildman–Crippen LogP) is 2.10. The Hall–Kier alpha value is -2.33. The molecule has 4 nitrogen and oxygen atoms in total. The van der Waals surface area contributed by atoms with E-state index >= 15 is 0 Å². The molecule has 0 radical (unpaired) electrons. The van der Waals surface area contributed by atoms with E-state index in [-0.39, 0.29) is 5.91 Å². The zero-order valence-corrected chi connectivity index (χ0v) is 10.4. The number of anilines is 3. The van der Waals surface area contributed by atoms with Crippen LogP contribution in [0.4, 0.5) is 17.1 Å². The molecule has 1 aliphatic heterocycles. The van der Waals surface area contributed by atoms with Gasteiger partial charge in [-0.25, -0.2) is 0 Å². The van der Waals surface area contributed by atoms with Gasteiger partial charge in [-0.05, 0) is 24.3 Å². The Morgan fingerprint density at radius 1 is 1.05 bits per heavy atom. The summed E-state index contributed by atoms with van der Waals surface area (Å²) < 4.78 is 0. The molecule has 3 N–H and O–H groups in total. The minimum Gasteiger partial charge on any atom is -0.338 e. The second kappa shape index (κ2) is 4.74. The van der Waals surface area contributed by atoms with Crippen LogP contribution in [0.5, 0.6) is 0 Å². The third-order valence-corrected chi connectivity index (χ3v) is 3.24. The van der Waals surface area contributed by atoms with Crippen LogP contribution in [-0.2, 0) is 4.79 Å². The van der Waals surface area contributed by atoms with Crippen molar-refractivity contribution in [1.29, 1.82) is 0 Å². The van der Waals surface area contributed by atoms with Crippen LogP contribution in [0.15, 0.2) is 54.6 Å². The fourth-order valence-corrected chi connectivity index (χ4v) is 2.27. The topological polar surface area (TPSA) is 58.4 Å². The molecule has 0 aromatic heterocycles. The van der Waals surface area contributed by atoms with Crippen molar-refractivity contribution >= 4 is 23.0 Å². The fourth-order valence-electron chi connectivity index (χ4n) is 2.27. The summed E-state index contributed by atoms with van der Waals surface area (Å²) in [6, 6.07) is 17.1. The third kappa shape index (κ3) is 2.18. The van der Waals surface area contributed by atoms with Crippen LogP contribution in [0.25, 0.3) is 0 Å². The molecule has 1 aliphatic rings. The lowest BCUT2D eigenvalue weighted by Crippen LogP contribution is -2.41. The van der Waals surface area contributed by atoms with Crippen molar-refractivity contribution in [2.45, 2.75) is 6.04 Å². The van der Waals surface area contributed by atoms with Gasteiger partial charge in [0.25, 0.3) is 0 Å². The van der Waals surface area contributed by atoms with Gasteiger partial charge >= 0.3 is 0 Å². The molecule has 1 amide bonds. The lowest BCUT2D eigenvalue weighted by molar-refractivity contribution is -0.117. The van der Waals surface area contributed by atoms with E-state index in [0.29, 0.717) is 6.54 Å². The van der Waals surface area contributed by atoms with Crippen molar-refractivity contribution in [3.63, 3.8) is 0 Å². The number of benzene rings is 2. The molecule has 2 aromatic carbocycles. The Bertz CT molecular complexity index is 597. The molecule has 4 heteroatoms. The Kier molecular flexibility index (Phi) is 2.93. The van der Waals surface area contributed by atoms with Crippen LogP contribution in [0.2, 0.25) is 0 Å². The van der Waals surface area contributed by atoms with Gasteiger partial charge in [0.1, 0.15) is 6.04 Å². The number of rotatable bonds is 1. The molecule has 0 fully saturated rings. The van der Waals surface area contributed by atoms with E-state index in [2.05, 4.69) is 10.2 Å². The molecule has 3 rings (SSSR count). The van der Waals surface area contributed by atoms with Gasteiger partial charge in [-0.1, -0.05) is 30.3 Å². The Balaban J connectivity index is 2.10. The molecule has 2 aromatic rings. The van der Waals surface area contributed by atoms with E-state index in [1.165, 1.54) is 0 Å². The number of para-hydroxylation sites is 3. The zero-order valence-electron chi connectivity index (χ0n) is 10.4. The first-order chi connectivity index (χ1) is 9.25. The first-order valence-electron chi connectivity index (χ1n) is 6.24. The van der Waals surface area contributed by atoms with Gasteiger partial charge in [0.2, 0.25) is 5.91 Å². The molecule has 96 valence electrons. The standard InChI is InChI=1S/C15H15N3O/c16-12-10-18(11-6-2-1-3-7-11)14-9-5-4-8-13(14)17-15(12)19/h1-9,12H,10,16H2,(H,17,19)/t12-/m1/s1.